The molecule has 2 rings (SSSR count). The molecule has 0 saturated carbocycles. The van der Waals surface area contributed by atoms with Gasteiger partial charge in [0.1, 0.15) is 6.33 Å². The molecule has 0 saturated heterocycles. The van der Waals surface area contributed by atoms with E-state index in [1.807, 2.05) is 0 Å². The van der Waals surface area contributed by atoms with Crippen LogP contribution in [0.1, 0.15) is 16.1 Å². The zero-order valence-corrected chi connectivity index (χ0v) is 11.6. The third-order valence-corrected chi connectivity index (χ3v) is 3.23. The first-order valence-electron chi connectivity index (χ1n) is 5.43. The lowest BCUT2D eigenvalue weighted by Crippen LogP contribution is -2.05. The summed E-state index contributed by atoms with van der Waals surface area (Å²) in [6, 6.07) is 6.40. The van der Waals surface area contributed by atoms with E-state index in [-0.39, 0.29) is 12.2 Å². The van der Waals surface area contributed by atoms with E-state index in [0.717, 1.165) is 0 Å². The fourth-order valence-corrected chi connectivity index (χ4v) is 1.82. The van der Waals surface area contributed by atoms with Crippen molar-refractivity contribution in [3.05, 3.63) is 51.9 Å². The minimum atomic E-state index is -0.0979. The van der Waals surface area contributed by atoms with Gasteiger partial charge in [0.25, 0.3) is 0 Å². The molecule has 0 amide bonds. The predicted octanol–water partition coefficient (Wildman–Crippen LogP) is 3.22. The van der Waals surface area contributed by atoms with Crippen molar-refractivity contribution in [2.24, 2.45) is 0 Å². The Kier molecular flexibility index (Phi) is 4.35. The Labute approximate surface area is 120 Å². The highest BCUT2D eigenvalue weighted by Crippen LogP contribution is 2.23. The van der Waals surface area contributed by atoms with Crippen LogP contribution < -0.4 is 4.74 Å². The fourth-order valence-electron chi connectivity index (χ4n) is 1.52. The van der Waals surface area contributed by atoms with Crippen LogP contribution in [-0.4, -0.2) is 22.9 Å². The first kappa shape index (κ1) is 13.8. The topological polar surface area (TPSA) is 52.1 Å². The van der Waals surface area contributed by atoms with Crippen molar-refractivity contribution in [2.75, 3.05) is 7.11 Å². The summed E-state index contributed by atoms with van der Waals surface area (Å²) in [5.74, 6) is 0.325. The van der Waals surface area contributed by atoms with Gasteiger partial charge in [-0.1, -0.05) is 23.2 Å². The number of ether oxygens (including phenoxy) is 1. The summed E-state index contributed by atoms with van der Waals surface area (Å²) in [4.78, 5) is 20.0. The maximum atomic E-state index is 12.1. The number of carbonyl (C=O) groups is 1. The summed E-state index contributed by atoms with van der Waals surface area (Å²) in [6.45, 7) is 0. The molecule has 1 aromatic heterocycles. The number of Topliss-reactive ketones (excluding diaryl/α,β-unsaturated/α-hetero) is 1. The number of carbonyl (C=O) groups excluding carboxylic acids is 1. The Balaban J connectivity index is 2.18. The van der Waals surface area contributed by atoms with E-state index in [1.165, 1.54) is 13.4 Å². The molecule has 6 heteroatoms. The Bertz CT molecular complexity index is 617. The van der Waals surface area contributed by atoms with Gasteiger partial charge in [0, 0.05) is 11.6 Å². The number of rotatable bonds is 4. The SMILES string of the molecule is COc1cc(CC(=O)c2ccc(Cl)c(Cl)c2)ncn1. The number of methoxy groups -OCH3 is 1. The van der Waals surface area contributed by atoms with Gasteiger partial charge in [0.15, 0.2) is 5.78 Å². The summed E-state index contributed by atoms with van der Waals surface area (Å²) in [6.07, 6.45) is 1.51. The Morgan fingerprint density at radius 3 is 2.68 bits per heavy atom. The molecular formula is C13H10Cl2N2O2. The molecule has 0 aliphatic heterocycles. The molecule has 0 fully saturated rings. The van der Waals surface area contributed by atoms with Crippen LogP contribution in [0.4, 0.5) is 0 Å². The number of nitrogens with zero attached hydrogens (tertiary/aromatic N) is 2. The van der Waals surface area contributed by atoms with Crippen LogP contribution in [0, 0.1) is 0 Å². The molecule has 0 spiro atoms. The highest BCUT2D eigenvalue weighted by atomic mass is 35.5. The molecule has 1 heterocycles. The first-order chi connectivity index (χ1) is 9.10. The molecule has 0 atom stereocenters. The Morgan fingerprint density at radius 1 is 1.21 bits per heavy atom. The van der Waals surface area contributed by atoms with Gasteiger partial charge >= 0.3 is 0 Å². The minimum Gasteiger partial charge on any atom is -0.481 e. The summed E-state index contributed by atoms with van der Waals surface area (Å²) >= 11 is 11.7. The average molecular weight is 297 g/mol. The molecule has 2 aromatic rings. The quantitative estimate of drug-likeness (QED) is 0.813. The molecule has 0 aliphatic rings. The van der Waals surface area contributed by atoms with Crippen LogP contribution in [-0.2, 0) is 6.42 Å². The molecule has 0 unspecified atom stereocenters. The second-order valence-electron chi connectivity index (χ2n) is 3.78. The number of hydrogen-bond acceptors (Lipinski definition) is 4. The molecule has 4 nitrogen and oxygen atoms in total. The molecule has 0 radical (unpaired) electrons. The summed E-state index contributed by atoms with van der Waals surface area (Å²) < 4.78 is 4.98. The fraction of sp³-hybridized carbons (Fsp3) is 0.154. The monoisotopic (exact) mass is 296 g/mol. The van der Waals surface area contributed by atoms with Crippen LogP contribution in [0.5, 0.6) is 5.88 Å². The number of ketones is 1. The van der Waals surface area contributed by atoms with Crippen LogP contribution in [0.25, 0.3) is 0 Å². The van der Waals surface area contributed by atoms with Crippen molar-refractivity contribution in [3.8, 4) is 5.88 Å². The van der Waals surface area contributed by atoms with Crippen molar-refractivity contribution in [3.63, 3.8) is 0 Å². The molecular weight excluding hydrogens is 287 g/mol. The number of hydrogen-bond donors (Lipinski definition) is 0. The normalized spacial score (nSPS) is 10.3. The lowest BCUT2D eigenvalue weighted by molar-refractivity contribution is 0.0992. The van der Waals surface area contributed by atoms with E-state index in [4.69, 9.17) is 27.9 Å². The van der Waals surface area contributed by atoms with Crippen molar-refractivity contribution in [2.45, 2.75) is 6.42 Å². The van der Waals surface area contributed by atoms with E-state index in [2.05, 4.69) is 9.97 Å². The van der Waals surface area contributed by atoms with Gasteiger partial charge in [-0.3, -0.25) is 4.79 Å². The molecule has 1 aromatic carbocycles. The third kappa shape index (κ3) is 3.43. The summed E-state index contributed by atoms with van der Waals surface area (Å²) in [5.41, 5.74) is 1.08. The highest BCUT2D eigenvalue weighted by Gasteiger charge is 2.10. The lowest BCUT2D eigenvalue weighted by Gasteiger charge is -2.04. The smallest absolute Gasteiger partial charge is 0.216 e. The van der Waals surface area contributed by atoms with Gasteiger partial charge in [-0.05, 0) is 18.2 Å². The van der Waals surface area contributed by atoms with Gasteiger partial charge < -0.3 is 4.74 Å². The highest BCUT2D eigenvalue weighted by molar-refractivity contribution is 6.42. The van der Waals surface area contributed by atoms with Crippen LogP contribution in [0.2, 0.25) is 10.0 Å². The maximum Gasteiger partial charge on any atom is 0.216 e. The molecule has 0 aliphatic carbocycles. The van der Waals surface area contributed by atoms with Crippen molar-refractivity contribution in [1.29, 1.82) is 0 Å². The zero-order valence-electron chi connectivity index (χ0n) is 10.1. The molecule has 0 bridgehead atoms. The van der Waals surface area contributed by atoms with E-state index in [0.29, 0.717) is 27.2 Å². The van der Waals surface area contributed by atoms with E-state index >= 15 is 0 Å². The third-order valence-electron chi connectivity index (χ3n) is 2.49. The van der Waals surface area contributed by atoms with Gasteiger partial charge in [-0.25, -0.2) is 9.97 Å². The van der Waals surface area contributed by atoms with Crippen LogP contribution in [0.15, 0.2) is 30.6 Å². The second kappa shape index (κ2) is 5.99. The standard InChI is InChI=1S/C13H10Cl2N2O2/c1-19-13-6-9(16-7-17-13)5-12(18)8-2-3-10(14)11(15)4-8/h2-4,6-7H,5H2,1H3. The van der Waals surface area contributed by atoms with E-state index < -0.39 is 0 Å². The zero-order chi connectivity index (χ0) is 13.8. The van der Waals surface area contributed by atoms with Gasteiger partial charge in [0.2, 0.25) is 5.88 Å². The van der Waals surface area contributed by atoms with Crippen LogP contribution >= 0.6 is 23.2 Å². The average Bonchev–Trinajstić information content (AvgIpc) is 2.42. The van der Waals surface area contributed by atoms with Crippen molar-refractivity contribution in [1.82, 2.24) is 9.97 Å². The number of halogens is 2. The first-order valence-corrected chi connectivity index (χ1v) is 6.19. The largest absolute Gasteiger partial charge is 0.481 e. The predicted molar refractivity (Wildman–Crippen MR) is 73.1 cm³/mol. The van der Waals surface area contributed by atoms with Gasteiger partial charge in [-0.2, -0.15) is 0 Å². The Morgan fingerprint density at radius 2 is 2.00 bits per heavy atom. The lowest BCUT2D eigenvalue weighted by atomic mass is 10.1. The molecule has 0 N–H and O–H groups in total. The Hall–Kier alpha value is -1.65. The number of aromatic nitrogens is 2. The summed E-state index contributed by atoms with van der Waals surface area (Å²) in [7, 11) is 1.51. The van der Waals surface area contributed by atoms with E-state index in [1.54, 1.807) is 24.3 Å². The minimum absolute atomic E-state index is 0.0979. The second-order valence-corrected chi connectivity index (χ2v) is 4.59. The molecule has 19 heavy (non-hydrogen) atoms. The summed E-state index contributed by atoms with van der Waals surface area (Å²) in [5, 5.41) is 0.773. The van der Waals surface area contributed by atoms with E-state index in [9.17, 15) is 4.79 Å². The number of benzene rings is 1. The van der Waals surface area contributed by atoms with Crippen LogP contribution in [0.3, 0.4) is 0 Å². The van der Waals surface area contributed by atoms with Crippen molar-refractivity contribution < 1.29 is 9.53 Å². The van der Waals surface area contributed by atoms with Gasteiger partial charge in [0.05, 0.1) is 29.3 Å². The van der Waals surface area contributed by atoms with Crippen molar-refractivity contribution >= 4 is 29.0 Å². The van der Waals surface area contributed by atoms with Gasteiger partial charge in [-0.15, -0.1) is 0 Å². The molecule has 98 valence electrons. The maximum absolute atomic E-state index is 12.1.